The minimum Gasteiger partial charge on any atom is -0.353 e. The van der Waals surface area contributed by atoms with E-state index in [1.165, 1.54) is 22.1 Å². The maximum Gasteiger partial charge on any atom is 0.0724 e. The van der Waals surface area contributed by atoms with Crippen molar-refractivity contribution in [1.29, 1.82) is 0 Å². The molecule has 0 spiro atoms. The largest absolute Gasteiger partial charge is 0.353 e. The molecule has 3 aromatic carbocycles. The second-order valence-corrected chi connectivity index (χ2v) is 5.64. The molecule has 0 fully saturated rings. The predicted octanol–water partition coefficient (Wildman–Crippen LogP) is 5.56. The summed E-state index contributed by atoms with van der Waals surface area (Å²) in [4.78, 5) is 3.58. The van der Waals surface area contributed by atoms with Gasteiger partial charge < -0.3 is 10.3 Å². The first-order valence-electron chi connectivity index (χ1n) is 7.48. The lowest BCUT2D eigenvalue weighted by molar-refractivity contribution is 1.45. The van der Waals surface area contributed by atoms with E-state index >= 15 is 0 Å². The van der Waals surface area contributed by atoms with Gasteiger partial charge in [-0.1, -0.05) is 60.7 Å². The fourth-order valence-corrected chi connectivity index (χ4v) is 3.37. The van der Waals surface area contributed by atoms with Gasteiger partial charge in [-0.15, -0.1) is 0 Å². The molecule has 0 aliphatic carbocycles. The molecule has 0 unspecified atom stereocenters. The van der Waals surface area contributed by atoms with Crippen molar-refractivity contribution < 1.29 is 0 Å². The maximum atomic E-state index is 3.64. The minimum atomic E-state index is 1.15. The summed E-state index contributed by atoms with van der Waals surface area (Å²) in [5.41, 5.74) is 8.38. The number of rotatable bonds is 0. The Hall–Kier alpha value is -3.00. The van der Waals surface area contributed by atoms with E-state index in [2.05, 4.69) is 83.1 Å². The second kappa shape index (κ2) is 4.25. The van der Waals surface area contributed by atoms with Crippen molar-refractivity contribution in [3.8, 4) is 22.4 Å². The van der Waals surface area contributed by atoms with Crippen LogP contribution in [0.3, 0.4) is 0 Å². The first kappa shape index (κ1) is 11.6. The molecule has 2 nitrogen and oxygen atoms in total. The molecule has 104 valence electrons. The van der Waals surface area contributed by atoms with Gasteiger partial charge in [-0.3, -0.25) is 0 Å². The van der Waals surface area contributed by atoms with E-state index in [-0.39, 0.29) is 0 Å². The number of aromatic nitrogens is 1. The summed E-state index contributed by atoms with van der Waals surface area (Å²) in [5, 5.41) is 4.87. The molecule has 0 amide bonds. The first-order chi connectivity index (χ1) is 10.9. The Morgan fingerprint density at radius 2 is 1.27 bits per heavy atom. The fourth-order valence-electron chi connectivity index (χ4n) is 3.37. The van der Waals surface area contributed by atoms with Gasteiger partial charge in [-0.25, -0.2) is 0 Å². The van der Waals surface area contributed by atoms with E-state index in [1.54, 1.807) is 0 Å². The average molecular weight is 282 g/mol. The zero-order valence-electron chi connectivity index (χ0n) is 11.9. The first-order valence-corrected chi connectivity index (χ1v) is 7.48. The predicted molar refractivity (Wildman–Crippen MR) is 92.5 cm³/mol. The fraction of sp³-hybridized carbons (Fsp3) is 0. The quantitative estimate of drug-likeness (QED) is 0.382. The Morgan fingerprint density at radius 3 is 2.18 bits per heavy atom. The van der Waals surface area contributed by atoms with Crippen molar-refractivity contribution in [2.45, 2.75) is 0 Å². The number of para-hydroxylation sites is 2. The van der Waals surface area contributed by atoms with Gasteiger partial charge in [0.05, 0.1) is 11.4 Å². The van der Waals surface area contributed by atoms with Crippen LogP contribution in [0, 0.1) is 0 Å². The molecule has 0 atom stereocenters. The number of fused-ring (bicyclic) bond motifs is 7. The molecule has 2 heterocycles. The van der Waals surface area contributed by atoms with Crippen molar-refractivity contribution in [3.05, 3.63) is 72.8 Å². The molecule has 4 aromatic rings. The lowest BCUT2D eigenvalue weighted by Gasteiger charge is -2.09. The van der Waals surface area contributed by atoms with Gasteiger partial charge in [0, 0.05) is 27.7 Å². The highest BCUT2D eigenvalue weighted by molar-refractivity contribution is 6.08. The zero-order chi connectivity index (χ0) is 14.5. The monoisotopic (exact) mass is 282 g/mol. The van der Waals surface area contributed by atoms with Gasteiger partial charge in [-0.2, -0.15) is 0 Å². The number of hydrogen-bond acceptors (Lipinski definition) is 1. The number of aromatic amines is 1. The van der Waals surface area contributed by atoms with Crippen LogP contribution in [0.1, 0.15) is 0 Å². The molecule has 0 radical (unpaired) electrons. The Kier molecular flexibility index (Phi) is 2.25. The van der Waals surface area contributed by atoms with Gasteiger partial charge in [-0.05, 0) is 17.7 Å². The maximum absolute atomic E-state index is 3.64. The Morgan fingerprint density at radius 1 is 0.591 bits per heavy atom. The Bertz CT molecular complexity index is 1010. The topological polar surface area (TPSA) is 27.8 Å². The summed E-state index contributed by atoms with van der Waals surface area (Å²) in [6, 6.07) is 25.5. The van der Waals surface area contributed by atoms with Crippen LogP contribution in [-0.4, -0.2) is 4.98 Å². The van der Waals surface area contributed by atoms with E-state index in [0.29, 0.717) is 0 Å². The highest BCUT2D eigenvalue weighted by Crippen LogP contribution is 2.46. The van der Waals surface area contributed by atoms with Crippen LogP contribution in [0.2, 0.25) is 0 Å². The lowest BCUT2D eigenvalue weighted by atomic mass is 9.97. The number of nitrogens with one attached hydrogen (secondary N) is 2. The van der Waals surface area contributed by atoms with Gasteiger partial charge in [0.15, 0.2) is 0 Å². The average Bonchev–Trinajstić information content (AvgIpc) is 2.87. The van der Waals surface area contributed by atoms with E-state index in [1.807, 2.05) is 0 Å². The van der Waals surface area contributed by atoms with Crippen LogP contribution >= 0.6 is 0 Å². The summed E-state index contributed by atoms with van der Waals surface area (Å²) < 4.78 is 0. The number of hydrogen-bond donors (Lipinski definition) is 2. The number of anilines is 2. The summed E-state index contributed by atoms with van der Waals surface area (Å²) in [6.07, 6.45) is 0. The molecule has 2 N–H and O–H groups in total. The third-order valence-electron chi connectivity index (χ3n) is 4.38. The molecule has 0 bridgehead atoms. The molecule has 0 saturated heterocycles. The standard InChI is InChI=1S/C20H14N2/c1-2-9-15-13(7-1)14-8-3-5-11-17(14)21-20-16-10-4-6-12-18(16)22-19(15)20/h1-12,21-22H. The highest BCUT2D eigenvalue weighted by atomic mass is 14.9. The van der Waals surface area contributed by atoms with E-state index < -0.39 is 0 Å². The Labute approximate surface area is 128 Å². The molecule has 5 rings (SSSR count). The molecule has 1 aliphatic heterocycles. The van der Waals surface area contributed by atoms with Crippen molar-refractivity contribution in [1.82, 2.24) is 4.98 Å². The van der Waals surface area contributed by atoms with E-state index in [4.69, 9.17) is 0 Å². The Balaban J connectivity index is 1.95. The summed E-state index contributed by atoms with van der Waals surface area (Å²) in [6.45, 7) is 0. The van der Waals surface area contributed by atoms with Crippen LogP contribution in [-0.2, 0) is 0 Å². The van der Waals surface area contributed by atoms with E-state index in [9.17, 15) is 0 Å². The third-order valence-corrected chi connectivity index (χ3v) is 4.38. The van der Waals surface area contributed by atoms with Gasteiger partial charge >= 0.3 is 0 Å². The highest BCUT2D eigenvalue weighted by Gasteiger charge is 2.21. The van der Waals surface area contributed by atoms with Crippen LogP contribution in [0.4, 0.5) is 11.4 Å². The zero-order valence-corrected chi connectivity index (χ0v) is 11.9. The minimum absolute atomic E-state index is 1.15. The molecule has 1 aliphatic rings. The van der Waals surface area contributed by atoms with Crippen molar-refractivity contribution >= 4 is 22.3 Å². The van der Waals surface area contributed by atoms with Crippen LogP contribution in [0.15, 0.2) is 72.8 Å². The number of benzene rings is 3. The van der Waals surface area contributed by atoms with E-state index in [0.717, 1.165) is 22.6 Å². The van der Waals surface area contributed by atoms with Crippen molar-refractivity contribution in [2.75, 3.05) is 5.32 Å². The smallest absolute Gasteiger partial charge is 0.0724 e. The lowest BCUT2D eigenvalue weighted by Crippen LogP contribution is -1.90. The molecular formula is C20H14N2. The van der Waals surface area contributed by atoms with Crippen LogP contribution < -0.4 is 5.32 Å². The SMILES string of the molecule is c1ccc2c(c1)Nc1c([nH]c3ccccc13)-c1ccccc1-2. The molecular weight excluding hydrogens is 268 g/mol. The summed E-state index contributed by atoms with van der Waals surface area (Å²) >= 11 is 0. The van der Waals surface area contributed by atoms with Gasteiger partial charge in [0.25, 0.3) is 0 Å². The van der Waals surface area contributed by atoms with Crippen molar-refractivity contribution in [3.63, 3.8) is 0 Å². The normalized spacial score (nSPS) is 12.0. The summed E-state index contributed by atoms with van der Waals surface area (Å²) in [7, 11) is 0. The molecule has 1 aromatic heterocycles. The van der Waals surface area contributed by atoms with Gasteiger partial charge in [0.1, 0.15) is 0 Å². The second-order valence-electron chi connectivity index (χ2n) is 5.64. The number of H-pyrrole nitrogens is 1. The summed E-state index contributed by atoms with van der Waals surface area (Å²) in [5.74, 6) is 0. The van der Waals surface area contributed by atoms with Crippen LogP contribution in [0.25, 0.3) is 33.3 Å². The van der Waals surface area contributed by atoms with Crippen molar-refractivity contribution in [2.24, 2.45) is 0 Å². The third kappa shape index (κ3) is 1.49. The van der Waals surface area contributed by atoms with Gasteiger partial charge in [0.2, 0.25) is 0 Å². The van der Waals surface area contributed by atoms with Crippen LogP contribution in [0.5, 0.6) is 0 Å². The molecule has 22 heavy (non-hydrogen) atoms. The molecule has 0 saturated carbocycles. The molecule has 2 heteroatoms.